The normalized spacial score (nSPS) is 10.4. The fourth-order valence-electron chi connectivity index (χ4n) is 8.65. The number of allylic oxidation sites excluding steroid dienone is 8. The van der Waals surface area contributed by atoms with Crippen LogP contribution in [0.25, 0.3) is 0 Å². The number of carbonyl (C=O) groups excluding carboxylic acids is 4. The Labute approximate surface area is 591 Å². The Morgan fingerprint density at radius 1 is 0.259 bits per heavy atom. The summed E-state index contributed by atoms with van der Waals surface area (Å²) in [6, 6.07) is 0. The first-order valence-electron chi connectivity index (χ1n) is 32.6. The molecular formula is C70H134O8S5Sn2. The van der Waals surface area contributed by atoms with Gasteiger partial charge in [0.05, 0.1) is 26.4 Å². The van der Waals surface area contributed by atoms with Gasteiger partial charge in [0.1, 0.15) is 0 Å². The van der Waals surface area contributed by atoms with Crippen LogP contribution in [0.4, 0.5) is 0 Å². The quantitative estimate of drug-likeness (QED) is 0.0145. The molecule has 0 heterocycles. The van der Waals surface area contributed by atoms with Crippen molar-refractivity contribution in [2.45, 2.75) is 325 Å². The average molecular weight is 1500 g/mol. The first-order valence-corrected chi connectivity index (χ1v) is 34.9. The molecule has 0 N–H and O–H groups in total. The van der Waals surface area contributed by atoms with Crippen LogP contribution in [-0.2, 0) is 88.6 Å². The van der Waals surface area contributed by atoms with E-state index in [0.29, 0.717) is 75.1 Å². The van der Waals surface area contributed by atoms with Gasteiger partial charge < -0.3 is 69.5 Å². The summed E-state index contributed by atoms with van der Waals surface area (Å²) in [4.78, 5) is 44.8. The van der Waals surface area contributed by atoms with Gasteiger partial charge in [-0.1, -0.05) is 243 Å². The molecular weight excluding hydrogens is 1370 g/mol. The van der Waals surface area contributed by atoms with Crippen molar-refractivity contribution >= 4 is 136 Å². The molecule has 85 heavy (non-hydrogen) atoms. The number of hydrogen-bond donors (Lipinski definition) is 0. The van der Waals surface area contributed by atoms with E-state index in [1.165, 1.54) is 205 Å². The fourth-order valence-corrected chi connectivity index (χ4v) is 8.99. The Morgan fingerprint density at radius 2 is 0.388 bits per heavy atom. The molecule has 0 aromatic rings. The third kappa shape index (κ3) is 109. The molecule has 0 aliphatic carbocycles. The molecule has 0 unspecified atom stereocenters. The minimum absolute atomic E-state index is 0. The van der Waals surface area contributed by atoms with Gasteiger partial charge in [0.25, 0.3) is 0 Å². The van der Waals surface area contributed by atoms with Crippen molar-refractivity contribution in [3.8, 4) is 0 Å². The first kappa shape index (κ1) is 104. The summed E-state index contributed by atoms with van der Waals surface area (Å²) in [5, 5.41) is 0. The summed E-state index contributed by atoms with van der Waals surface area (Å²) in [5.41, 5.74) is 0. The molecule has 0 amide bonds. The van der Waals surface area contributed by atoms with Crippen LogP contribution in [0.3, 0.4) is 0 Å². The third-order valence-corrected chi connectivity index (χ3v) is 14.0. The van der Waals surface area contributed by atoms with Crippen molar-refractivity contribution in [1.82, 2.24) is 0 Å². The van der Waals surface area contributed by atoms with E-state index in [4.69, 9.17) is 69.5 Å². The second kappa shape index (κ2) is 100. The largest absolute Gasteiger partial charge is 2.00 e. The Hall–Kier alpha value is 0.187. The fraction of sp³-hybridized carbons (Fsp3) is 0.829. The smallest absolute Gasteiger partial charge is 0.789 e. The third-order valence-electron chi connectivity index (χ3n) is 13.3. The molecule has 15 heteroatoms. The summed E-state index contributed by atoms with van der Waals surface area (Å²) < 4.78 is 19.8. The minimum atomic E-state index is -0.0871. The van der Waals surface area contributed by atoms with Gasteiger partial charge in [-0.3, -0.25) is 19.2 Å². The summed E-state index contributed by atoms with van der Waals surface area (Å²) in [7, 11) is 0. The molecule has 8 nitrogen and oxygen atoms in total. The Kier molecular flexibility index (Phi) is 123. The number of esters is 4. The molecule has 0 aliphatic rings. The van der Waals surface area contributed by atoms with Crippen molar-refractivity contribution in [2.24, 2.45) is 0 Å². The van der Waals surface area contributed by atoms with Crippen LogP contribution in [0, 0.1) is 0 Å². The van der Waals surface area contributed by atoms with Crippen LogP contribution < -0.4 is 0 Å². The summed E-state index contributed by atoms with van der Waals surface area (Å²) in [6.07, 6.45) is 70.3. The van der Waals surface area contributed by atoms with E-state index < -0.39 is 0 Å². The van der Waals surface area contributed by atoms with Gasteiger partial charge in [-0.15, -0.1) is 23.0 Å². The van der Waals surface area contributed by atoms with E-state index in [1.807, 2.05) is 0 Å². The zero-order chi connectivity index (χ0) is 59.6. The Balaban J connectivity index is -0.000000127. The van der Waals surface area contributed by atoms with Crippen molar-refractivity contribution < 1.29 is 38.1 Å². The molecule has 0 aliphatic heterocycles. The second-order valence-corrected chi connectivity index (χ2v) is 22.5. The Bertz CT molecular complexity index is 1170. The molecule has 0 fully saturated rings. The van der Waals surface area contributed by atoms with E-state index in [1.54, 1.807) is 0 Å². The van der Waals surface area contributed by atoms with Crippen LogP contribution in [0.1, 0.15) is 325 Å². The van der Waals surface area contributed by atoms with Crippen molar-refractivity contribution in [1.29, 1.82) is 0 Å². The van der Waals surface area contributed by atoms with Crippen LogP contribution in [0.15, 0.2) is 48.6 Å². The summed E-state index contributed by atoms with van der Waals surface area (Å²) >= 11 is 18.9. The monoisotopic (exact) mass is 1500 g/mol. The van der Waals surface area contributed by atoms with Crippen LogP contribution in [0.2, 0.25) is 0 Å². The predicted octanol–water partition coefficient (Wildman–Crippen LogP) is 20.4. The molecule has 0 rings (SSSR count). The zero-order valence-corrected chi connectivity index (χ0v) is 63.8. The average Bonchev–Trinajstić information content (AvgIpc) is 3.46. The number of carbonyl (C=O) groups is 4. The minimum Gasteiger partial charge on any atom is -0.789 e. The van der Waals surface area contributed by atoms with Crippen LogP contribution in [-0.4, -0.2) is 121 Å². The predicted molar refractivity (Wildman–Crippen MR) is 391 cm³/mol. The first-order chi connectivity index (χ1) is 39.2. The molecule has 0 atom stereocenters. The SMILES string of the molecule is C.C.C/C=C/CCCCCCCCCCCC(=O)OCC[S-].C/C=C/CCCCCCCCCCCC(=O)OCC[S-].C/C=C/CCCCCCCCCCCC(=O)OCC[S-].C/C=C/CCCCCCCCCCCC(=O)OCC[S-].S.[Sn+2].[Sn+2]. The van der Waals surface area contributed by atoms with Gasteiger partial charge in [-0.2, -0.15) is 13.5 Å². The van der Waals surface area contributed by atoms with Crippen molar-refractivity contribution in [2.75, 3.05) is 49.4 Å². The van der Waals surface area contributed by atoms with Gasteiger partial charge in [-0.05, 0) is 105 Å². The maximum absolute atomic E-state index is 11.2. The number of ether oxygens (including phenoxy) is 4. The molecule has 0 saturated carbocycles. The van der Waals surface area contributed by atoms with E-state index in [0.717, 1.165) is 51.4 Å². The van der Waals surface area contributed by atoms with Gasteiger partial charge in [0.15, 0.2) is 0 Å². The zero-order valence-electron chi connectivity index (χ0n) is 53.8. The van der Waals surface area contributed by atoms with Crippen molar-refractivity contribution in [3.63, 3.8) is 0 Å². The summed E-state index contributed by atoms with van der Waals surface area (Å²) in [5.74, 6) is 1.65. The summed E-state index contributed by atoms with van der Waals surface area (Å²) in [6.45, 7) is 9.89. The molecule has 0 aromatic heterocycles. The standard InChI is InChI=1S/4C17H32O2S.2CH4.H2S.2Sn/c4*1-2-3-4-5-6-7-8-9-10-11-12-13-14-17(18)19-15-16-20;;;;;/h4*2-3,20H,4-16H2,1H3;2*1H4;1H2;;/q;;;;;;;2*+2/p-4/b4*3-2+;;;;;. The molecule has 0 spiro atoms. The molecule has 0 aromatic carbocycles. The maximum atomic E-state index is 11.2. The number of unbranched alkanes of at least 4 members (excludes halogenated alkanes) is 36. The number of rotatable bonds is 56. The van der Waals surface area contributed by atoms with E-state index in [9.17, 15) is 19.2 Å². The van der Waals surface area contributed by atoms with Gasteiger partial charge >= 0.3 is 71.7 Å². The Morgan fingerprint density at radius 3 is 0.518 bits per heavy atom. The van der Waals surface area contributed by atoms with E-state index in [2.05, 4.69) is 76.3 Å². The second-order valence-electron chi connectivity index (χ2n) is 20.9. The van der Waals surface area contributed by atoms with E-state index in [-0.39, 0.29) is 100 Å². The van der Waals surface area contributed by atoms with Crippen molar-refractivity contribution in [3.05, 3.63) is 48.6 Å². The van der Waals surface area contributed by atoms with Crippen LogP contribution in [0.5, 0.6) is 0 Å². The molecule has 0 bridgehead atoms. The van der Waals surface area contributed by atoms with Gasteiger partial charge in [-0.25, -0.2) is 0 Å². The van der Waals surface area contributed by atoms with Gasteiger partial charge in [0, 0.05) is 25.7 Å². The molecule has 4 radical (unpaired) electrons. The molecule has 500 valence electrons. The molecule has 0 saturated heterocycles. The van der Waals surface area contributed by atoms with E-state index >= 15 is 0 Å². The number of hydrogen-bond acceptors (Lipinski definition) is 12. The van der Waals surface area contributed by atoms with Crippen LogP contribution >= 0.6 is 13.5 Å². The van der Waals surface area contributed by atoms with Gasteiger partial charge in [0.2, 0.25) is 0 Å². The topological polar surface area (TPSA) is 105 Å². The maximum Gasteiger partial charge on any atom is 2.00 e.